The molecule has 1 aliphatic heterocycles. The maximum absolute atomic E-state index is 13.3. The number of benzene rings is 2. The van der Waals surface area contributed by atoms with E-state index in [0.717, 1.165) is 5.56 Å². The Hall–Kier alpha value is -3.35. The highest BCUT2D eigenvalue weighted by atomic mass is 19.1. The van der Waals surface area contributed by atoms with Gasteiger partial charge < -0.3 is 19.6 Å². The number of rotatable bonds is 4. The number of carbonyl (C=O) groups is 2. The molecule has 7 heteroatoms. The van der Waals surface area contributed by atoms with Crippen molar-refractivity contribution in [3.8, 4) is 17.1 Å². The van der Waals surface area contributed by atoms with E-state index in [2.05, 4.69) is 5.32 Å². The molecule has 0 fully saturated rings. The van der Waals surface area contributed by atoms with Gasteiger partial charge in [0.2, 0.25) is 0 Å². The lowest BCUT2D eigenvalue weighted by molar-refractivity contribution is -0.138. The summed E-state index contributed by atoms with van der Waals surface area (Å²) in [6.45, 7) is 0. The SMILES string of the molecule is CNC(=O)c1c(-c2ccc(F)cc2)oc2ccc3c(c12)CC(CC(=O)O)O3. The van der Waals surface area contributed by atoms with Crippen LogP contribution in [0.15, 0.2) is 40.8 Å². The number of amides is 1. The molecule has 1 unspecified atom stereocenters. The molecule has 3 aromatic rings. The van der Waals surface area contributed by atoms with Crippen LogP contribution >= 0.6 is 0 Å². The van der Waals surface area contributed by atoms with Crippen LogP contribution in [0.25, 0.3) is 22.3 Å². The summed E-state index contributed by atoms with van der Waals surface area (Å²) in [4.78, 5) is 23.6. The number of carboxylic acid groups (broad SMARTS) is 1. The highest BCUT2D eigenvalue weighted by Gasteiger charge is 2.31. The van der Waals surface area contributed by atoms with Gasteiger partial charge in [-0.15, -0.1) is 0 Å². The lowest BCUT2D eigenvalue weighted by Crippen LogP contribution is -2.19. The Balaban J connectivity index is 1.91. The van der Waals surface area contributed by atoms with Crippen molar-refractivity contribution in [1.29, 1.82) is 0 Å². The fraction of sp³-hybridized carbons (Fsp3) is 0.200. The normalized spacial score (nSPS) is 15.4. The third kappa shape index (κ3) is 2.91. The largest absolute Gasteiger partial charge is 0.489 e. The van der Waals surface area contributed by atoms with E-state index in [9.17, 15) is 14.0 Å². The molecular weight excluding hydrogens is 353 g/mol. The van der Waals surface area contributed by atoms with Crippen LogP contribution in [0.1, 0.15) is 22.3 Å². The number of hydrogen-bond donors (Lipinski definition) is 2. The molecule has 138 valence electrons. The molecule has 1 aromatic heterocycles. The Labute approximate surface area is 153 Å². The second-order valence-electron chi connectivity index (χ2n) is 6.35. The van der Waals surface area contributed by atoms with Gasteiger partial charge in [0.15, 0.2) is 0 Å². The molecule has 0 aliphatic carbocycles. The summed E-state index contributed by atoms with van der Waals surface area (Å²) in [5.74, 6) is -0.801. The number of aliphatic carboxylic acids is 1. The van der Waals surface area contributed by atoms with E-state index in [-0.39, 0.29) is 18.1 Å². The summed E-state index contributed by atoms with van der Waals surface area (Å²) in [6.07, 6.45) is -0.260. The number of carbonyl (C=O) groups excluding carboxylic acids is 1. The number of fused-ring (bicyclic) bond motifs is 3. The lowest BCUT2D eigenvalue weighted by atomic mass is 9.98. The van der Waals surface area contributed by atoms with E-state index in [4.69, 9.17) is 14.3 Å². The van der Waals surface area contributed by atoms with Crippen molar-refractivity contribution in [3.05, 3.63) is 53.3 Å². The Morgan fingerprint density at radius 3 is 2.63 bits per heavy atom. The van der Waals surface area contributed by atoms with Gasteiger partial charge in [0.05, 0.1) is 12.0 Å². The van der Waals surface area contributed by atoms with Crippen LogP contribution in [0, 0.1) is 5.82 Å². The Morgan fingerprint density at radius 1 is 1.22 bits per heavy atom. The van der Waals surface area contributed by atoms with E-state index >= 15 is 0 Å². The van der Waals surface area contributed by atoms with Crippen LogP contribution in [-0.2, 0) is 11.2 Å². The standard InChI is InChI=1S/C20H16FNO5/c1-22-20(25)18-17-13-8-12(9-16(23)24)26-14(13)6-7-15(17)27-19(18)10-2-4-11(21)5-3-10/h2-7,12H,8-9H2,1H3,(H,22,25)(H,23,24). The first-order valence-electron chi connectivity index (χ1n) is 8.42. The van der Waals surface area contributed by atoms with Crippen LogP contribution in [0.2, 0.25) is 0 Å². The van der Waals surface area contributed by atoms with Crippen molar-refractivity contribution in [2.75, 3.05) is 7.05 Å². The third-order valence-corrected chi connectivity index (χ3v) is 4.61. The smallest absolute Gasteiger partial charge is 0.307 e. The van der Waals surface area contributed by atoms with E-state index in [1.54, 1.807) is 24.3 Å². The Morgan fingerprint density at radius 2 is 1.96 bits per heavy atom. The minimum absolute atomic E-state index is 0.131. The molecule has 0 saturated carbocycles. The van der Waals surface area contributed by atoms with Crippen molar-refractivity contribution in [3.63, 3.8) is 0 Å². The van der Waals surface area contributed by atoms with Gasteiger partial charge in [0, 0.05) is 30.0 Å². The van der Waals surface area contributed by atoms with Gasteiger partial charge in [-0.05, 0) is 36.4 Å². The fourth-order valence-electron chi connectivity index (χ4n) is 3.46. The van der Waals surface area contributed by atoms with Crippen molar-refractivity contribution < 1.29 is 28.2 Å². The van der Waals surface area contributed by atoms with Crippen molar-refractivity contribution in [2.24, 2.45) is 0 Å². The molecule has 2 N–H and O–H groups in total. The van der Waals surface area contributed by atoms with Crippen molar-refractivity contribution in [1.82, 2.24) is 5.32 Å². The van der Waals surface area contributed by atoms with Gasteiger partial charge in [-0.3, -0.25) is 9.59 Å². The molecule has 0 spiro atoms. The number of ether oxygens (including phenoxy) is 1. The van der Waals surface area contributed by atoms with Gasteiger partial charge in [0.25, 0.3) is 5.91 Å². The van der Waals surface area contributed by atoms with Crippen molar-refractivity contribution in [2.45, 2.75) is 18.9 Å². The lowest BCUT2D eigenvalue weighted by Gasteiger charge is -2.06. The molecule has 0 radical (unpaired) electrons. The number of nitrogens with one attached hydrogen (secondary N) is 1. The first kappa shape index (κ1) is 17.1. The van der Waals surface area contributed by atoms with Gasteiger partial charge >= 0.3 is 5.97 Å². The molecule has 0 saturated heterocycles. The first-order chi connectivity index (χ1) is 13.0. The van der Waals surface area contributed by atoms with E-state index in [1.165, 1.54) is 19.2 Å². The van der Waals surface area contributed by atoms with Crippen LogP contribution < -0.4 is 10.1 Å². The Kier molecular flexibility index (Phi) is 4.07. The minimum Gasteiger partial charge on any atom is -0.489 e. The average molecular weight is 369 g/mol. The highest BCUT2D eigenvalue weighted by molar-refractivity contribution is 6.12. The van der Waals surface area contributed by atoms with Crippen LogP contribution in [0.4, 0.5) is 4.39 Å². The predicted octanol–water partition coefficient (Wildman–Crippen LogP) is 3.38. The average Bonchev–Trinajstić information content (AvgIpc) is 3.21. The summed E-state index contributed by atoms with van der Waals surface area (Å²) in [5, 5.41) is 12.2. The van der Waals surface area contributed by atoms with Crippen LogP contribution in [0.5, 0.6) is 5.75 Å². The number of carboxylic acids is 1. The minimum atomic E-state index is -0.949. The van der Waals surface area contributed by atoms with Gasteiger partial charge in [-0.25, -0.2) is 4.39 Å². The molecule has 2 heterocycles. The zero-order chi connectivity index (χ0) is 19.1. The monoisotopic (exact) mass is 369 g/mol. The second-order valence-corrected chi connectivity index (χ2v) is 6.35. The first-order valence-corrected chi connectivity index (χ1v) is 8.42. The summed E-state index contributed by atoms with van der Waals surface area (Å²) >= 11 is 0. The van der Waals surface area contributed by atoms with Gasteiger partial charge in [-0.2, -0.15) is 0 Å². The second kappa shape index (κ2) is 6.42. The maximum atomic E-state index is 13.3. The quantitative estimate of drug-likeness (QED) is 0.736. The van der Waals surface area contributed by atoms with Crippen LogP contribution in [0.3, 0.4) is 0 Å². The molecule has 0 bridgehead atoms. The topological polar surface area (TPSA) is 88.8 Å². The third-order valence-electron chi connectivity index (χ3n) is 4.61. The van der Waals surface area contributed by atoms with Gasteiger partial charge in [0.1, 0.15) is 29.0 Å². The molecular formula is C20H16FNO5. The van der Waals surface area contributed by atoms with Crippen molar-refractivity contribution >= 4 is 22.8 Å². The summed E-state index contributed by atoms with van der Waals surface area (Å²) < 4.78 is 24.9. The number of furan rings is 1. The summed E-state index contributed by atoms with van der Waals surface area (Å²) in [6, 6.07) is 9.09. The molecule has 1 aliphatic rings. The predicted molar refractivity (Wildman–Crippen MR) is 95.4 cm³/mol. The zero-order valence-corrected chi connectivity index (χ0v) is 14.4. The van der Waals surface area contributed by atoms with E-state index in [1.807, 2.05) is 0 Å². The molecule has 1 atom stereocenters. The zero-order valence-electron chi connectivity index (χ0n) is 14.4. The number of hydrogen-bond acceptors (Lipinski definition) is 4. The molecule has 27 heavy (non-hydrogen) atoms. The molecule has 6 nitrogen and oxygen atoms in total. The fourth-order valence-corrected chi connectivity index (χ4v) is 3.46. The molecule has 2 aromatic carbocycles. The van der Waals surface area contributed by atoms with Gasteiger partial charge in [-0.1, -0.05) is 0 Å². The highest BCUT2D eigenvalue weighted by Crippen LogP contribution is 2.42. The maximum Gasteiger partial charge on any atom is 0.307 e. The summed E-state index contributed by atoms with van der Waals surface area (Å²) in [5.41, 5.74) is 2.14. The number of halogens is 1. The van der Waals surface area contributed by atoms with Crippen LogP contribution in [-0.4, -0.2) is 30.1 Å². The Bertz CT molecular complexity index is 1050. The molecule has 4 rings (SSSR count). The van der Waals surface area contributed by atoms with E-state index in [0.29, 0.717) is 40.0 Å². The molecule has 1 amide bonds. The van der Waals surface area contributed by atoms with E-state index < -0.39 is 12.1 Å². The summed E-state index contributed by atoms with van der Waals surface area (Å²) in [7, 11) is 1.52.